The van der Waals surface area contributed by atoms with Crippen LogP contribution in [0.5, 0.6) is 0 Å². The highest BCUT2D eigenvalue weighted by molar-refractivity contribution is 5.99. The van der Waals surface area contributed by atoms with Crippen LogP contribution in [-0.2, 0) is 23.1 Å². The lowest BCUT2D eigenvalue weighted by atomic mass is 9.87. The van der Waals surface area contributed by atoms with Crippen molar-refractivity contribution in [3.05, 3.63) is 64.7 Å². The van der Waals surface area contributed by atoms with E-state index in [-0.39, 0.29) is 23.8 Å². The molecule has 0 bridgehead atoms. The number of hydrogen-bond acceptors (Lipinski definition) is 2. The van der Waals surface area contributed by atoms with E-state index in [9.17, 15) is 9.59 Å². The van der Waals surface area contributed by atoms with E-state index in [2.05, 4.69) is 37.5 Å². The van der Waals surface area contributed by atoms with Crippen LogP contribution >= 0.6 is 0 Å². The lowest BCUT2D eigenvalue weighted by Gasteiger charge is -2.19. The molecule has 136 valence electrons. The summed E-state index contributed by atoms with van der Waals surface area (Å²) in [5.41, 5.74) is 5.25. The van der Waals surface area contributed by atoms with Crippen molar-refractivity contribution in [1.82, 2.24) is 5.32 Å². The maximum Gasteiger partial charge on any atom is 0.251 e. The van der Waals surface area contributed by atoms with Gasteiger partial charge in [-0.3, -0.25) is 9.59 Å². The maximum atomic E-state index is 12.2. The van der Waals surface area contributed by atoms with Gasteiger partial charge in [-0.25, -0.2) is 0 Å². The Bertz CT molecular complexity index is 817. The average molecular weight is 350 g/mol. The Morgan fingerprint density at radius 2 is 1.65 bits per heavy atom. The monoisotopic (exact) mass is 350 g/mol. The van der Waals surface area contributed by atoms with Gasteiger partial charge in [0.25, 0.3) is 5.91 Å². The minimum atomic E-state index is -0.241. The standard InChI is InChI=1S/C22H26N2O2/c1-22(2,3)18-10-7-16(8-11-18)21(26)23-14-20(25)24-19-12-9-15-5-4-6-17(15)13-19/h7-13H,4-6,14H2,1-3H3,(H,23,26)(H,24,25). The summed E-state index contributed by atoms with van der Waals surface area (Å²) in [4.78, 5) is 24.3. The van der Waals surface area contributed by atoms with Crippen LogP contribution in [0.15, 0.2) is 42.5 Å². The summed E-state index contributed by atoms with van der Waals surface area (Å²) in [6.07, 6.45) is 3.37. The summed E-state index contributed by atoms with van der Waals surface area (Å²) in [5, 5.41) is 5.53. The predicted molar refractivity (Wildman–Crippen MR) is 105 cm³/mol. The zero-order valence-electron chi connectivity index (χ0n) is 15.7. The fourth-order valence-corrected chi connectivity index (χ4v) is 3.24. The molecule has 0 aliphatic heterocycles. The molecule has 4 nitrogen and oxygen atoms in total. The molecule has 0 radical (unpaired) electrons. The first-order valence-electron chi connectivity index (χ1n) is 9.13. The lowest BCUT2D eigenvalue weighted by Crippen LogP contribution is -2.32. The van der Waals surface area contributed by atoms with Crippen molar-refractivity contribution in [2.75, 3.05) is 11.9 Å². The largest absolute Gasteiger partial charge is 0.343 e. The highest BCUT2D eigenvalue weighted by Crippen LogP contribution is 2.25. The second kappa shape index (κ2) is 7.32. The van der Waals surface area contributed by atoms with E-state index in [0.29, 0.717) is 5.56 Å². The average Bonchev–Trinajstić information content (AvgIpc) is 3.07. The highest BCUT2D eigenvalue weighted by Gasteiger charge is 2.15. The molecule has 0 saturated heterocycles. The number of anilines is 1. The molecule has 2 N–H and O–H groups in total. The first-order chi connectivity index (χ1) is 12.3. The van der Waals surface area contributed by atoms with Gasteiger partial charge in [-0.2, -0.15) is 0 Å². The van der Waals surface area contributed by atoms with Crippen LogP contribution in [0, 0.1) is 0 Å². The van der Waals surface area contributed by atoms with E-state index >= 15 is 0 Å². The molecule has 1 aliphatic rings. The summed E-state index contributed by atoms with van der Waals surface area (Å²) < 4.78 is 0. The van der Waals surface area contributed by atoms with Gasteiger partial charge in [-0.1, -0.05) is 39.0 Å². The van der Waals surface area contributed by atoms with Gasteiger partial charge in [0.2, 0.25) is 5.91 Å². The number of aryl methyl sites for hydroxylation is 2. The van der Waals surface area contributed by atoms with E-state index in [4.69, 9.17) is 0 Å². The summed E-state index contributed by atoms with van der Waals surface area (Å²) in [6, 6.07) is 13.6. The number of hydrogen-bond donors (Lipinski definition) is 2. The van der Waals surface area contributed by atoms with Crippen LogP contribution in [0.1, 0.15) is 54.2 Å². The summed E-state index contributed by atoms with van der Waals surface area (Å²) in [6.45, 7) is 6.35. The third-order valence-corrected chi connectivity index (χ3v) is 4.80. The predicted octanol–water partition coefficient (Wildman–Crippen LogP) is 3.84. The molecule has 0 unspecified atom stereocenters. The number of fused-ring (bicyclic) bond motifs is 1. The minimum absolute atomic E-state index is 0.0447. The number of carbonyl (C=O) groups excluding carboxylic acids is 2. The molecule has 2 aromatic carbocycles. The van der Waals surface area contributed by atoms with Crippen molar-refractivity contribution in [2.24, 2.45) is 0 Å². The molecule has 0 fully saturated rings. The fourth-order valence-electron chi connectivity index (χ4n) is 3.24. The smallest absolute Gasteiger partial charge is 0.251 e. The van der Waals surface area contributed by atoms with E-state index in [1.807, 2.05) is 24.3 Å². The van der Waals surface area contributed by atoms with Gasteiger partial charge in [0.05, 0.1) is 6.54 Å². The minimum Gasteiger partial charge on any atom is -0.343 e. The fraction of sp³-hybridized carbons (Fsp3) is 0.364. The summed E-state index contributed by atoms with van der Waals surface area (Å²) in [7, 11) is 0. The zero-order valence-corrected chi connectivity index (χ0v) is 15.7. The van der Waals surface area contributed by atoms with Crippen molar-refractivity contribution < 1.29 is 9.59 Å². The van der Waals surface area contributed by atoms with Gasteiger partial charge in [0.1, 0.15) is 0 Å². The highest BCUT2D eigenvalue weighted by atomic mass is 16.2. The molecule has 0 heterocycles. The molecule has 0 spiro atoms. The Hall–Kier alpha value is -2.62. The molecule has 0 aromatic heterocycles. The number of amides is 2. The third-order valence-electron chi connectivity index (χ3n) is 4.80. The molecule has 1 aliphatic carbocycles. The van der Waals surface area contributed by atoms with Crippen molar-refractivity contribution in [3.8, 4) is 0 Å². The van der Waals surface area contributed by atoms with Gasteiger partial charge >= 0.3 is 0 Å². The maximum absolute atomic E-state index is 12.2. The topological polar surface area (TPSA) is 58.2 Å². The molecule has 26 heavy (non-hydrogen) atoms. The number of benzene rings is 2. The quantitative estimate of drug-likeness (QED) is 0.880. The van der Waals surface area contributed by atoms with Gasteiger partial charge in [-0.15, -0.1) is 0 Å². The number of carbonyl (C=O) groups is 2. The van der Waals surface area contributed by atoms with Crippen LogP contribution in [-0.4, -0.2) is 18.4 Å². The van der Waals surface area contributed by atoms with Crippen molar-refractivity contribution in [3.63, 3.8) is 0 Å². The Kier molecular flexibility index (Phi) is 5.12. The van der Waals surface area contributed by atoms with E-state index < -0.39 is 0 Å². The van der Waals surface area contributed by atoms with E-state index in [0.717, 1.165) is 18.5 Å². The number of rotatable bonds is 4. The first-order valence-corrected chi connectivity index (χ1v) is 9.13. The Labute approximate surface area is 155 Å². The van der Waals surface area contributed by atoms with Crippen LogP contribution in [0.2, 0.25) is 0 Å². The van der Waals surface area contributed by atoms with Crippen LogP contribution in [0.3, 0.4) is 0 Å². The van der Waals surface area contributed by atoms with Gasteiger partial charge in [0, 0.05) is 11.3 Å². The zero-order chi connectivity index (χ0) is 18.7. The van der Waals surface area contributed by atoms with Crippen LogP contribution in [0.4, 0.5) is 5.69 Å². The molecule has 2 amide bonds. The molecule has 3 rings (SSSR count). The first kappa shape index (κ1) is 18.2. The van der Waals surface area contributed by atoms with Crippen molar-refractivity contribution in [2.45, 2.75) is 45.4 Å². The SMILES string of the molecule is CC(C)(C)c1ccc(C(=O)NCC(=O)Nc2ccc3c(c2)CCC3)cc1. The summed E-state index contributed by atoms with van der Waals surface area (Å²) >= 11 is 0. The normalized spacial score (nSPS) is 13.2. The van der Waals surface area contributed by atoms with Crippen molar-refractivity contribution >= 4 is 17.5 Å². The Morgan fingerprint density at radius 1 is 0.962 bits per heavy atom. The Morgan fingerprint density at radius 3 is 2.35 bits per heavy atom. The molecule has 4 heteroatoms. The second-order valence-electron chi connectivity index (χ2n) is 7.90. The van der Waals surface area contributed by atoms with E-state index in [1.165, 1.54) is 23.1 Å². The van der Waals surface area contributed by atoms with Gasteiger partial charge in [0.15, 0.2) is 0 Å². The third kappa shape index (κ3) is 4.31. The molecule has 0 atom stereocenters. The van der Waals surface area contributed by atoms with Gasteiger partial charge in [-0.05, 0) is 65.6 Å². The summed E-state index contributed by atoms with van der Waals surface area (Å²) in [5.74, 6) is -0.461. The molecule has 0 saturated carbocycles. The lowest BCUT2D eigenvalue weighted by molar-refractivity contribution is -0.115. The van der Waals surface area contributed by atoms with E-state index in [1.54, 1.807) is 12.1 Å². The molecule has 2 aromatic rings. The second-order valence-corrected chi connectivity index (χ2v) is 7.90. The Balaban J connectivity index is 1.53. The van der Waals surface area contributed by atoms with Gasteiger partial charge < -0.3 is 10.6 Å². The van der Waals surface area contributed by atoms with Crippen LogP contribution < -0.4 is 10.6 Å². The molecular formula is C22H26N2O2. The number of nitrogens with one attached hydrogen (secondary N) is 2. The van der Waals surface area contributed by atoms with Crippen LogP contribution in [0.25, 0.3) is 0 Å². The van der Waals surface area contributed by atoms with Crippen molar-refractivity contribution in [1.29, 1.82) is 0 Å². The molecular weight excluding hydrogens is 324 g/mol.